The minimum atomic E-state index is -0.651. The molecule has 0 saturated heterocycles. The number of rotatable bonds is 5. The average Bonchev–Trinajstić information content (AvgIpc) is 2.90. The van der Waals surface area contributed by atoms with Crippen molar-refractivity contribution in [2.75, 3.05) is 4.90 Å². The lowest BCUT2D eigenvalue weighted by molar-refractivity contribution is -0.116. The van der Waals surface area contributed by atoms with E-state index in [-0.39, 0.29) is 22.9 Å². The Kier molecular flexibility index (Phi) is 7.53. The molecule has 1 aliphatic carbocycles. The van der Waals surface area contributed by atoms with Crippen LogP contribution in [-0.4, -0.2) is 5.78 Å². The van der Waals surface area contributed by atoms with E-state index in [2.05, 4.69) is 22.0 Å². The van der Waals surface area contributed by atoms with E-state index in [1.807, 2.05) is 26.0 Å². The number of carbonyl (C=O) groups excluding carboxylic acids is 1. The van der Waals surface area contributed by atoms with E-state index < -0.39 is 11.7 Å². The summed E-state index contributed by atoms with van der Waals surface area (Å²) in [6.45, 7) is 4.26. The summed E-state index contributed by atoms with van der Waals surface area (Å²) in [5.41, 5.74) is 11.9. The van der Waals surface area contributed by atoms with Gasteiger partial charge in [0.2, 0.25) is 0 Å². The van der Waals surface area contributed by atoms with E-state index in [9.17, 15) is 10.1 Å². The molecule has 5 rings (SSSR count). The van der Waals surface area contributed by atoms with Crippen molar-refractivity contribution in [1.29, 1.82) is 5.26 Å². The Bertz CT molecular complexity index is 1590. The number of carbonyl (C=O) groups is 1. The molecule has 1 unspecified atom stereocenters. The van der Waals surface area contributed by atoms with Crippen molar-refractivity contribution in [3.8, 4) is 11.8 Å². The zero-order valence-electron chi connectivity index (χ0n) is 21.5. The number of ketones is 1. The fourth-order valence-electron chi connectivity index (χ4n) is 5.41. The van der Waals surface area contributed by atoms with Gasteiger partial charge in [0.15, 0.2) is 5.78 Å². The molecule has 0 spiro atoms. The molecule has 198 valence electrons. The predicted octanol–water partition coefficient (Wildman–Crippen LogP) is 7.74. The van der Waals surface area contributed by atoms with Crippen molar-refractivity contribution in [3.05, 3.63) is 115 Å². The number of aryl methyl sites for hydroxylation is 2. The number of hydrogen-bond acceptors (Lipinski definition) is 5. The first kappa shape index (κ1) is 27.0. The van der Waals surface area contributed by atoms with Crippen LogP contribution in [0.15, 0.2) is 81.7 Å². The Morgan fingerprint density at radius 3 is 2.56 bits per heavy atom. The second kappa shape index (κ2) is 10.9. The highest BCUT2D eigenvalue weighted by molar-refractivity contribution is 9.10. The largest absolute Gasteiger partial charge is 0.489 e. The van der Waals surface area contributed by atoms with Gasteiger partial charge in [0.25, 0.3) is 0 Å². The van der Waals surface area contributed by atoms with Crippen LogP contribution in [0.4, 0.5) is 10.1 Å². The number of ether oxygens (including phenoxy) is 1. The zero-order chi connectivity index (χ0) is 27.8. The van der Waals surface area contributed by atoms with Gasteiger partial charge in [-0.2, -0.15) is 5.26 Å². The third-order valence-corrected chi connectivity index (χ3v) is 8.05. The Labute approximate surface area is 240 Å². The van der Waals surface area contributed by atoms with E-state index in [1.165, 1.54) is 6.07 Å². The van der Waals surface area contributed by atoms with Crippen molar-refractivity contribution in [2.45, 2.75) is 45.6 Å². The lowest BCUT2D eigenvalue weighted by atomic mass is 9.74. The summed E-state index contributed by atoms with van der Waals surface area (Å²) < 4.78 is 21.8. The van der Waals surface area contributed by atoms with Gasteiger partial charge in [-0.3, -0.25) is 9.69 Å². The molecule has 39 heavy (non-hydrogen) atoms. The Balaban J connectivity index is 1.63. The molecule has 2 N–H and O–H groups in total. The van der Waals surface area contributed by atoms with Gasteiger partial charge >= 0.3 is 0 Å². The van der Waals surface area contributed by atoms with E-state index in [4.69, 9.17) is 22.1 Å². The molecule has 0 aromatic heterocycles. The molecule has 5 nitrogen and oxygen atoms in total. The maximum atomic E-state index is 15.2. The summed E-state index contributed by atoms with van der Waals surface area (Å²) in [7, 11) is 0. The zero-order valence-corrected chi connectivity index (χ0v) is 23.9. The van der Waals surface area contributed by atoms with Crippen LogP contribution < -0.4 is 15.4 Å². The predicted molar refractivity (Wildman–Crippen MR) is 154 cm³/mol. The first-order valence-corrected chi connectivity index (χ1v) is 13.8. The van der Waals surface area contributed by atoms with Crippen LogP contribution in [0.1, 0.15) is 47.4 Å². The van der Waals surface area contributed by atoms with Gasteiger partial charge in [0.1, 0.15) is 24.0 Å². The molecule has 1 atom stereocenters. The summed E-state index contributed by atoms with van der Waals surface area (Å²) in [6.07, 6.45) is 1.53. The van der Waals surface area contributed by atoms with Crippen LogP contribution in [0.25, 0.3) is 0 Å². The number of anilines is 1. The SMILES string of the molecule is Cc1cc(C)c(C2C(C#N)=C(N)N(c3ccc(Br)cc3F)C3=C2C(=O)CCC3)cc1COc1ccc(Cl)cc1. The number of halogens is 3. The topological polar surface area (TPSA) is 79.4 Å². The summed E-state index contributed by atoms with van der Waals surface area (Å²) >= 11 is 9.29. The molecule has 0 bridgehead atoms. The molecule has 2 aliphatic rings. The highest BCUT2D eigenvalue weighted by Gasteiger charge is 2.41. The first-order valence-electron chi connectivity index (χ1n) is 12.6. The third-order valence-electron chi connectivity index (χ3n) is 7.31. The summed E-state index contributed by atoms with van der Waals surface area (Å²) in [5.74, 6) is -0.386. The van der Waals surface area contributed by atoms with Gasteiger partial charge in [-0.15, -0.1) is 0 Å². The molecule has 3 aromatic rings. The molecule has 0 saturated carbocycles. The van der Waals surface area contributed by atoms with Gasteiger partial charge in [-0.1, -0.05) is 39.7 Å². The number of nitriles is 1. The quantitative estimate of drug-likeness (QED) is 0.321. The number of Topliss-reactive ketones (excluding diaryl/α,β-unsaturated/α-hetero) is 1. The molecular weight excluding hydrogens is 581 g/mol. The average molecular weight is 607 g/mol. The fourth-order valence-corrected chi connectivity index (χ4v) is 5.87. The summed E-state index contributed by atoms with van der Waals surface area (Å²) in [5, 5.41) is 11.0. The second-order valence-corrected chi connectivity index (χ2v) is 11.1. The molecule has 1 heterocycles. The highest BCUT2D eigenvalue weighted by Crippen LogP contribution is 2.47. The van der Waals surface area contributed by atoms with E-state index >= 15 is 4.39 Å². The fraction of sp³-hybridized carbons (Fsp3) is 0.226. The first-order chi connectivity index (χ1) is 18.7. The Hall–Kier alpha value is -3.60. The van der Waals surface area contributed by atoms with Crippen LogP contribution in [0.3, 0.4) is 0 Å². The van der Waals surface area contributed by atoms with Gasteiger partial charge in [0.05, 0.1) is 23.2 Å². The van der Waals surface area contributed by atoms with Crippen molar-refractivity contribution >= 4 is 39.0 Å². The lowest BCUT2D eigenvalue weighted by Crippen LogP contribution is -2.39. The van der Waals surface area contributed by atoms with Crippen molar-refractivity contribution in [1.82, 2.24) is 0 Å². The van der Waals surface area contributed by atoms with Gasteiger partial charge in [-0.25, -0.2) is 4.39 Å². The maximum absolute atomic E-state index is 15.2. The van der Waals surface area contributed by atoms with Gasteiger partial charge in [0, 0.05) is 27.2 Å². The van der Waals surface area contributed by atoms with Crippen molar-refractivity contribution in [3.63, 3.8) is 0 Å². The van der Waals surface area contributed by atoms with Gasteiger partial charge < -0.3 is 10.5 Å². The molecule has 3 aromatic carbocycles. The molecule has 0 radical (unpaired) electrons. The highest BCUT2D eigenvalue weighted by atomic mass is 79.9. The Morgan fingerprint density at radius 2 is 1.87 bits per heavy atom. The van der Waals surface area contributed by atoms with Crippen LogP contribution in [0, 0.1) is 31.0 Å². The molecular formula is C31H26BrClFN3O2. The minimum absolute atomic E-state index is 0.0528. The van der Waals surface area contributed by atoms with E-state index in [1.54, 1.807) is 41.3 Å². The number of nitrogens with zero attached hydrogens (tertiary/aromatic N) is 2. The Morgan fingerprint density at radius 1 is 1.13 bits per heavy atom. The molecule has 0 amide bonds. The maximum Gasteiger partial charge on any atom is 0.161 e. The van der Waals surface area contributed by atoms with E-state index in [0.29, 0.717) is 52.4 Å². The monoisotopic (exact) mass is 605 g/mol. The summed E-state index contributed by atoms with van der Waals surface area (Å²) in [6, 6.07) is 18.1. The van der Waals surface area contributed by atoms with Crippen LogP contribution >= 0.6 is 27.5 Å². The smallest absolute Gasteiger partial charge is 0.161 e. The molecule has 0 fully saturated rings. The van der Waals surface area contributed by atoms with Crippen LogP contribution in [0.2, 0.25) is 5.02 Å². The van der Waals surface area contributed by atoms with Crippen molar-refractivity contribution in [2.24, 2.45) is 5.73 Å². The number of benzene rings is 3. The molecule has 8 heteroatoms. The number of hydrogen-bond donors (Lipinski definition) is 1. The summed E-state index contributed by atoms with van der Waals surface area (Å²) in [4.78, 5) is 15.1. The van der Waals surface area contributed by atoms with Crippen LogP contribution in [-0.2, 0) is 11.4 Å². The van der Waals surface area contributed by atoms with Crippen molar-refractivity contribution < 1.29 is 13.9 Å². The van der Waals surface area contributed by atoms with Crippen LogP contribution in [0.5, 0.6) is 5.75 Å². The minimum Gasteiger partial charge on any atom is -0.489 e. The number of nitrogens with two attached hydrogens (primary N) is 1. The standard InChI is InChI=1S/C31H26BrClFN3O2/c1-17-12-18(2)23(13-19(17)16-39-22-9-7-21(33)8-10-22)29-24(15-35)31(36)37(26-11-6-20(32)14-25(26)34)27-4-3-5-28(38)30(27)29/h6-14,29H,3-5,16,36H2,1-2H3. The lowest BCUT2D eigenvalue weighted by Gasteiger charge is -2.40. The van der Waals surface area contributed by atoms with Gasteiger partial charge in [-0.05, 0) is 91.4 Å². The normalized spacial score (nSPS) is 17.3. The van der Waals surface area contributed by atoms with E-state index in [0.717, 1.165) is 22.3 Å². The third kappa shape index (κ3) is 5.07. The number of allylic oxidation sites excluding steroid dienone is 3. The molecule has 1 aliphatic heterocycles. The second-order valence-electron chi connectivity index (χ2n) is 9.79.